The van der Waals surface area contributed by atoms with Crippen LogP contribution in [0.5, 0.6) is 5.75 Å². The third kappa shape index (κ3) is 3.82. The van der Waals surface area contributed by atoms with Gasteiger partial charge in [0.25, 0.3) is 5.56 Å². The first-order chi connectivity index (χ1) is 15.5. The minimum absolute atomic E-state index is 0.00316. The monoisotopic (exact) mass is 464 g/mol. The van der Waals surface area contributed by atoms with Crippen molar-refractivity contribution in [2.24, 2.45) is 5.16 Å². The van der Waals surface area contributed by atoms with Crippen molar-refractivity contribution in [3.63, 3.8) is 0 Å². The third-order valence-corrected chi connectivity index (χ3v) is 4.83. The number of fused-ring (bicyclic) bond motifs is 4. The molecule has 3 aromatic rings. The Hall–Kier alpha value is -3.80. The van der Waals surface area contributed by atoms with E-state index < -0.39 is 29.3 Å². The van der Waals surface area contributed by atoms with Gasteiger partial charge in [-0.3, -0.25) is 9.36 Å². The number of benzene rings is 2. The Morgan fingerprint density at radius 2 is 1.94 bits per heavy atom. The number of hydrogen-bond donors (Lipinski definition) is 0. The molecule has 0 N–H and O–H groups in total. The first-order valence-corrected chi connectivity index (χ1v) is 9.47. The maximum absolute atomic E-state index is 13.9. The molecule has 0 radical (unpaired) electrons. The Balaban J connectivity index is 2.07. The molecule has 1 aliphatic rings. The molecule has 0 amide bonds. The van der Waals surface area contributed by atoms with Gasteiger partial charge in [-0.1, -0.05) is 11.2 Å². The Bertz CT molecular complexity index is 1380. The number of halogens is 4. The second-order valence-electron chi connectivity index (χ2n) is 7.43. The van der Waals surface area contributed by atoms with Crippen LogP contribution < -0.4 is 10.3 Å². The smallest absolute Gasteiger partial charge is 0.419 e. The second-order valence-corrected chi connectivity index (χ2v) is 7.43. The molecule has 0 unspecified atom stereocenters. The van der Waals surface area contributed by atoms with Crippen molar-refractivity contribution >= 4 is 22.6 Å². The standard InChI is InChI=1S/C21H16F4N4O4/c1-28(2)9-10-4-6-13-15(17(10)33-20(31)21(23,24)25)19(30)29-14-7-5-11(22)8-12(14)16(27-32-3)18(29)26-13/h4-8H,9H2,1-3H3/b27-16-. The predicted octanol–water partition coefficient (Wildman–Crippen LogP) is 2.77. The highest BCUT2D eigenvalue weighted by atomic mass is 19.4. The largest absolute Gasteiger partial charge is 0.491 e. The number of nitrogens with zero attached hydrogens (tertiary/aromatic N) is 4. The van der Waals surface area contributed by atoms with Crippen LogP contribution in [-0.4, -0.2) is 53.5 Å². The van der Waals surface area contributed by atoms with Gasteiger partial charge in [0.2, 0.25) is 0 Å². The quantitative estimate of drug-likeness (QED) is 0.200. The van der Waals surface area contributed by atoms with Crippen LogP contribution in [0.15, 0.2) is 40.3 Å². The van der Waals surface area contributed by atoms with E-state index in [0.717, 1.165) is 16.7 Å². The van der Waals surface area contributed by atoms with E-state index in [1.807, 2.05) is 0 Å². The lowest BCUT2D eigenvalue weighted by Gasteiger charge is -2.17. The van der Waals surface area contributed by atoms with Gasteiger partial charge in [-0.15, -0.1) is 0 Å². The molecule has 4 rings (SSSR count). The summed E-state index contributed by atoms with van der Waals surface area (Å²) >= 11 is 0. The van der Waals surface area contributed by atoms with Gasteiger partial charge in [0, 0.05) is 17.7 Å². The predicted molar refractivity (Wildman–Crippen MR) is 109 cm³/mol. The van der Waals surface area contributed by atoms with Crippen molar-refractivity contribution in [2.45, 2.75) is 12.7 Å². The molecule has 2 aromatic carbocycles. The van der Waals surface area contributed by atoms with Gasteiger partial charge in [0.05, 0.1) is 11.2 Å². The highest BCUT2D eigenvalue weighted by molar-refractivity contribution is 6.16. The minimum Gasteiger partial charge on any atom is -0.419 e. The van der Waals surface area contributed by atoms with E-state index in [9.17, 15) is 27.2 Å². The van der Waals surface area contributed by atoms with Crippen molar-refractivity contribution in [1.29, 1.82) is 0 Å². The fourth-order valence-electron chi connectivity index (χ4n) is 3.60. The molecule has 8 nitrogen and oxygen atoms in total. The summed E-state index contributed by atoms with van der Waals surface area (Å²) in [5.74, 6) is -3.61. The fraction of sp³-hybridized carbons (Fsp3) is 0.238. The number of aromatic nitrogens is 2. The van der Waals surface area contributed by atoms with Crippen molar-refractivity contribution in [1.82, 2.24) is 14.5 Å². The van der Waals surface area contributed by atoms with E-state index in [0.29, 0.717) is 0 Å². The number of carbonyl (C=O) groups excluding carboxylic acids is 1. The summed E-state index contributed by atoms with van der Waals surface area (Å²) < 4.78 is 58.6. The summed E-state index contributed by atoms with van der Waals surface area (Å²) in [5.41, 5.74) is -0.192. The summed E-state index contributed by atoms with van der Waals surface area (Å²) in [7, 11) is 4.58. The number of esters is 1. The van der Waals surface area contributed by atoms with Gasteiger partial charge < -0.3 is 14.5 Å². The van der Waals surface area contributed by atoms with Crippen molar-refractivity contribution in [3.05, 3.63) is 63.5 Å². The SMILES string of the molecule is CO/N=C1/c2cc(F)ccc2-n2c1nc1ccc(CN(C)C)c(OC(=O)C(F)(F)F)c1c2=O. The second kappa shape index (κ2) is 7.96. The number of carbonyl (C=O) groups is 1. The van der Waals surface area contributed by atoms with Crippen LogP contribution in [0, 0.1) is 5.82 Å². The normalized spacial score (nSPS) is 14.0. The topological polar surface area (TPSA) is 86.0 Å². The number of ether oxygens (including phenoxy) is 1. The van der Waals surface area contributed by atoms with E-state index in [1.165, 1.54) is 25.3 Å². The molecular weight excluding hydrogens is 448 g/mol. The third-order valence-electron chi connectivity index (χ3n) is 4.83. The summed E-state index contributed by atoms with van der Waals surface area (Å²) in [6.45, 7) is 0.0791. The van der Waals surface area contributed by atoms with Crippen LogP contribution in [0.1, 0.15) is 17.0 Å². The highest BCUT2D eigenvalue weighted by Crippen LogP contribution is 2.33. The van der Waals surface area contributed by atoms with Crippen molar-refractivity contribution in [2.75, 3.05) is 21.2 Å². The average Bonchev–Trinajstić information content (AvgIpc) is 3.02. The number of hydrogen-bond acceptors (Lipinski definition) is 7. The van der Waals surface area contributed by atoms with E-state index in [1.54, 1.807) is 19.0 Å². The molecule has 0 fully saturated rings. The number of alkyl halides is 3. The zero-order chi connectivity index (χ0) is 24.1. The molecule has 2 heterocycles. The molecule has 172 valence electrons. The minimum atomic E-state index is -5.28. The van der Waals surface area contributed by atoms with Crippen LogP contribution in [0.4, 0.5) is 17.6 Å². The van der Waals surface area contributed by atoms with Crippen LogP contribution >= 0.6 is 0 Å². The van der Waals surface area contributed by atoms with Crippen LogP contribution in [0.3, 0.4) is 0 Å². The molecule has 33 heavy (non-hydrogen) atoms. The average molecular weight is 464 g/mol. The van der Waals surface area contributed by atoms with Gasteiger partial charge in [0.1, 0.15) is 18.3 Å². The van der Waals surface area contributed by atoms with Crippen molar-refractivity contribution < 1.29 is 31.9 Å². The summed E-state index contributed by atoms with van der Waals surface area (Å²) in [5, 5.41) is 3.51. The van der Waals surface area contributed by atoms with Gasteiger partial charge in [-0.05, 0) is 38.4 Å². The van der Waals surface area contributed by atoms with Gasteiger partial charge in [-0.25, -0.2) is 14.2 Å². The molecule has 0 saturated heterocycles. The van der Waals surface area contributed by atoms with Gasteiger partial charge in [0.15, 0.2) is 17.3 Å². The lowest BCUT2D eigenvalue weighted by Crippen LogP contribution is -2.30. The molecule has 0 atom stereocenters. The highest BCUT2D eigenvalue weighted by Gasteiger charge is 2.42. The Labute approximate surface area is 183 Å². The Morgan fingerprint density at radius 3 is 2.58 bits per heavy atom. The molecule has 1 aromatic heterocycles. The lowest BCUT2D eigenvalue weighted by molar-refractivity contribution is -0.189. The zero-order valence-electron chi connectivity index (χ0n) is 17.5. The molecule has 12 heteroatoms. The van der Waals surface area contributed by atoms with E-state index >= 15 is 0 Å². The van der Waals surface area contributed by atoms with Crippen molar-refractivity contribution in [3.8, 4) is 11.4 Å². The zero-order valence-corrected chi connectivity index (χ0v) is 17.5. The molecule has 0 saturated carbocycles. The van der Waals surface area contributed by atoms with Crippen LogP contribution in [0.25, 0.3) is 16.6 Å². The van der Waals surface area contributed by atoms with Crippen LogP contribution in [-0.2, 0) is 16.2 Å². The fourth-order valence-corrected chi connectivity index (χ4v) is 3.60. The summed E-state index contributed by atoms with van der Waals surface area (Å²) in [6.07, 6.45) is -5.28. The summed E-state index contributed by atoms with van der Waals surface area (Å²) in [6, 6.07) is 6.40. The molecule has 1 aliphatic heterocycles. The van der Waals surface area contributed by atoms with Crippen LogP contribution in [0.2, 0.25) is 0 Å². The first kappa shape index (κ1) is 22.4. The Morgan fingerprint density at radius 1 is 1.21 bits per heavy atom. The van der Waals surface area contributed by atoms with E-state index in [-0.39, 0.29) is 45.8 Å². The van der Waals surface area contributed by atoms with E-state index in [4.69, 9.17) is 4.84 Å². The number of oxime groups is 1. The first-order valence-electron chi connectivity index (χ1n) is 9.47. The number of rotatable bonds is 4. The lowest BCUT2D eigenvalue weighted by atomic mass is 10.1. The molecule has 0 aliphatic carbocycles. The summed E-state index contributed by atoms with van der Waals surface area (Å²) in [4.78, 5) is 36.0. The maximum Gasteiger partial charge on any atom is 0.491 e. The maximum atomic E-state index is 13.9. The molecule has 0 bridgehead atoms. The molecule has 0 spiro atoms. The molecular formula is C21H16F4N4O4. The van der Waals surface area contributed by atoms with Gasteiger partial charge >= 0.3 is 12.1 Å². The Kier molecular flexibility index (Phi) is 5.40. The van der Waals surface area contributed by atoms with Gasteiger partial charge in [-0.2, -0.15) is 13.2 Å². The van der Waals surface area contributed by atoms with E-state index in [2.05, 4.69) is 14.9 Å².